The highest BCUT2D eigenvalue weighted by molar-refractivity contribution is 5.89. The molecule has 6 heteroatoms. The molecule has 0 aliphatic carbocycles. The third-order valence-electron chi connectivity index (χ3n) is 5.60. The van der Waals surface area contributed by atoms with Crippen molar-refractivity contribution in [3.05, 3.63) is 82.9 Å². The SMILES string of the molecule is Cc1nc(N2CCc3ncc(-c4cc(F)ccc4C)cc3C2)c2cc(F)ccc2n1. The van der Waals surface area contributed by atoms with Gasteiger partial charge in [0.05, 0.1) is 5.52 Å². The molecule has 0 fully saturated rings. The first-order valence-electron chi connectivity index (χ1n) is 9.91. The van der Waals surface area contributed by atoms with Crippen molar-refractivity contribution in [1.29, 1.82) is 0 Å². The van der Waals surface area contributed by atoms with Crippen LogP contribution in [0.4, 0.5) is 14.6 Å². The first kappa shape index (κ1) is 18.6. The molecule has 2 aromatic heterocycles. The van der Waals surface area contributed by atoms with E-state index < -0.39 is 0 Å². The Labute approximate surface area is 173 Å². The van der Waals surface area contributed by atoms with E-state index in [9.17, 15) is 8.78 Å². The first-order chi connectivity index (χ1) is 14.5. The monoisotopic (exact) mass is 402 g/mol. The van der Waals surface area contributed by atoms with E-state index in [2.05, 4.69) is 25.9 Å². The van der Waals surface area contributed by atoms with E-state index in [1.165, 1.54) is 18.2 Å². The minimum Gasteiger partial charge on any atom is -0.351 e. The predicted molar refractivity (Wildman–Crippen MR) is 113 cm³/mol. The second kappa shape index (κ2) is 7.13. The molecule has 5 rings (SSSR count). The maximum Gasteiger partial charge on any atom is 0.140 e. The van der Waals surface area contributed by atoms with Gasteiger partial charge in [0.25, 0.3) is 0 Å². The lowest BCUT2D eigenvalue weighted by Crippen LogP contribution is -2.32. The summed E-state index contributed by atoms with van der Waals surface area (Å²) in [5.74, 6) is 0.811. The van der Waals surface area contributed by atoms with Gasteiger partial charge in [-0.05, 0) is 66.9 Å². The number of benzene rings is 2. The van der Waals surface area contributed by atoms with Gasteiger partial charge in [-0.25, -0.2) is 18.7 Å². The second-order valence-corrected chi connectivity index (χ2v) is 7.72. The van der Waals surface area contributed by atoms with Gasteiger partial charge in [-0.2, -0.15) is 0 Å². The van der Waals surface area contributed by atoms with Gasteiger partial charge in [-0.15, -0.1) is 0 Å². The molecule has 0 spiro atoms. The Hall–Kier alpha value is -3.41. The summed E-state index contributed by atoms with van der Waals surface area (Å²) in [5.41, 5.74) is 5.56. The summed E-state index contributed by atoms with van der Waals surface area (Å²) in [5, 5.41) is 0.703. The Kier molecular flexibility index (Phi) is 4.42. The second-order valence-electron chi connectivity index (χ2n) is 7.72. The zero-order valence-electron chi connectivity index (χ0n) is 16.8. The molecule has 1 aliphatic rings. The minimum atomic E-state index is -0.306. The molecule has 0 unspecified atom stereocenters. The van der Waals surface area contributed by atoms with Crippen LogP contribution in [0.15, 0.2) is 48.7 Å². The van der Waals surface area contributed by atoms with Crippen molar-refractivity contribution >= 4 is 16.7 Å². The molecule has 30 heavy (non-hydrogen) atoms. The lowest BCUT2D eigenvalue weighted by Gasteiger charge is -2.30. The molecule has 0 atom stereocenters. The molecular weight excluding hydrogens is 382 g/mol. The molecule has 0 amide bonds. The summed E-state index contributed by atoms with van der Waals surface area (Å²) in [6.07, 6.45) is 2.58. The standard InChI is InChI=1S/C24H20F2N4/c1-14-3-4-18(25)10-20(14)16-9-17-13-30(8-7-22(17)27-12-16)24-21-11-19(26)5-6-23(21)28-15(2)29-24/h3-6,9-12H,7-8,13H2,1-2H3. The number of hydrogen-bond acceptors (Lipinski definition) is 4. The Morgan fingerprint density at radius 2 is 1.73 bits per heavy atom. The number of aromatic nitrogens is 3. The topological polar surface area (TPSA) is 41.9 Å². The van der Waals surface area contributed by atoms with Gasteiger partial charge in [0.15, 0.2) is 0 Å². The van der Waals surface area contributed by atoms with Crippen molar-refractivity contribution < 1.29 is 8.78 Å². The molecule has 4 aromatic rings. The highest BCUT2D eigenvalue weighted by Gasteiger charge is 2.22. The van der Waals surface area contributed by atoms with Gasteiger partial charge in [0.2, 0.25) is 0 Å². The molecule has 0 bridgehead atoms. The Balaban J connectivity index is 1.56. The van der Waals surface area contributed by atoms with Crippen LogP contribution in [-0.2, 0) is 13.0 Å². The van der Waals surface area contributed by atoms with Crippen molar-refractivity contribution in [3.63, 3.8) is 0 Å². The number of halogens is 2. The van der Waals surface area contributed by atoms with Crippen LogP contribution in [0.2, 0.25) is 0 Å². The van der Waals surface area contributed by atoms with Gasteiger partial charge in [0.1, 0.15) is 23.3 Å². The summed E-state index contributed by atoms with van der Waals surface area (Å²) in [7, 11) is 0. The van der Waals surface area contributed by atoms with Crippen LogP contribution >= 0.6 is 0 Å². The van der Waals surface area contributed by atoms with Crippen molar-refractivity contribution in [2.45, 2.75) is 26.8 Å². The Morgan fingerprint density at radius 1 is 0.933 bits per heavy atom. The van der Waals surface area contributed by atoms with E-state index in [0.29, 0.717) is 17.8 Å². The van der Waals surface area contributed by atoms with Crippen LogP contribution in [-0.4, -0.2) is 21.5 Å². The van der Waals surface area contributed by atoms with E-state index in [4.69, 9.17) is 0 Å². The van der Waals surface area contributed by atoms with Gasteiger partial charge in [-0.1, -0.05) is 6.07 Å². The van der Waals surface area contributed by atoms with Crippen molar-refractivity contribution in [1.82, 2.24) is 15.0 Å². The summed E-state index contributed by atoms with van der Waals surface area (Å²) in [6, 6.07) is 11.5. The Morgan fingerprint density at radius 3 is 2.60 bits per heavy atom. The fraction of sp³-hybridized carbons (Fsp3) is 0.208. The van der Waals surface area contributed by atoms with E-state index in [1.54, 1.807) is 18.2 Å². The van der Waals surface area contributed by atoms with Crippen molar-refractivity contribution in [2.75, 3.05) is 11.4 Å². The van der Waals surface area contributed by atoms with Crippen LogP contribution in [0.1, 0.15) is 22.6 Å². The van der Waals surface area contributed by atoms with E-state index in [1.807, 2.05) is 20.0 Å². The number of hydrogen-bond donors (Lipinski definition) is 0. The zero-order chi connectivity index (χ0) is 20.8. The molecule has 2 aromatic carbocycles. The fourth-order valence-corrected chi connectivity index (χ4v) is 4.10. The van der Waals surface area contributed by atoms with Gasteiger partial charge >= 0.3 is 0 Å². The van der Waals surface area contributed by atoms with E-state index >= 15 is 0 Å². The van der Waals surface area contributed by atoms with Crippen molar-refractivity contribution in [3.8, 4) is 11.1 Å². The summed E-state index contributed by atoms with van der Waals surface area (Å²) in [4.78, 5) is 15.8. The van der Waals surface area contributed by atoms with Crippen LogP contribution in [0, 0.1) is 25.5 Å². The molecule has 150 valence electrons. The fourth-order valence-electron chi connectivity index (χ4n) is 4.10. The lowest BCUT2D eigenvalue weighted by molar-refractivity contribution is 0.627. The lowest BCUT2D eigenvalue weighted by atomic mass is 9.97. The molecule has 0 radical (unpaired) electrons. The molecule has 0 saturated carbocycles. The number of rotatable bonds is 2. The number of aryl methyl sites for hydroxylation is 2. The highest BCUT2D eigenvalue weighted by atomic mass is 19.1. The highest BCUT2D eigenvalue weighted by Crippen LogP contribution is 2.31. The molecule has 0 saturated heterocycles. The van der Waals surface area contributed by atoms with Crippen LogP contribution < -0.4 is 4.90 Å². The average molecular weight is 402 g/mol. The molecular formula is C24H20F2N4. The quantitative estimate of drug-likeness (QED) is 0.465. The number of fused-ring (bicyclic) bond motifs is 2. The first-order valence-corrected chi connectivity index (χ1v) is 9.91. The number of anilines is 1. The number of nitrogens with zero attached hydrogens (tertiary/aromatic N) is 4. The van der Waals surface area contributed by atoms with Gasteiger partial charge in [0, 0.05) is 42.4 Å². The van der Waals surface area contributed by atoms with E-state index in [0.717, 1.165) is 52.2 Å². The Bertz CT molecular complexity index is 1290. The molecule has 1 aliphatic heterocycles. The normalized spacial score (nSPS) is 13.5. The molecule has 4 nitrogen and oxygen atoms in total. The summed E-state index contributed by atoms with van der Waals surface area (Å²) in [6.45, 7) is 5.15. The number of pyridine rings is 1. The maximum absolute atomic E-state index is 13.9. The zero-order valence-corrected chi connectivity index (χ0v) is 16.8. The van der Waals surface area contributed by atoms with Gasteiger partial charge < -0.3 is 4.90 Å². The van der Waals surface area contributed by atoms with Crippen molar-refractivity contribution in [2.24, 2.45) is 0 Å². The minimum absolute atomic E-state index is 0.264. The third kappa shape index (κ3) is 3.28. The van der Waals surface area contributed by atoms with Crippen LogP contribution in [0.25, 0.3) is 22.0 Å². The predicted octanol–water partition coefficient (Wildman–Crippen LogP) is 5.15. The van der Waals surface area contributed by atoms with E-state index in [-0.39, 0.29) is 11.6 Å². The largest absolute Gasteiger partial charge is 0.351 e. The summed E-state index contributed by atoms with van der Waals surface area (Å²) >= 11 is 0. The molecule has 0 N–H and O–H groups in total. The third-order valence-corrected chi connectivity index (χ3v) is 5.60. The summed E-state index contributed by atoms with van der Waals surface area (Å²) < 4.78 is 27.7. The molecule has 3 heterocycles. The average Bonchev–Trinajstić information content (AvgIpc) is 2.74. The smallest absolute Gasteiger partial charge is 0.140 e. The maximum atomic E-state index is 13.9. The van der Waals surface area contributed by atoms with Crippen LogP contribution in [0.3, 0.4) is 0 Å². The van der Waals surface area contributed by atoms with Crippen LogP contribution in [0.5, 0.6) is 0 Å². The van der Waals surface area contributed by atoms with Gasteiger partial charge in [-0.3, -0.25) is 4.98 Å².